The van der Waals surface area contributed by atoms with E-state index < -0.39 is 17.7 Å². The molecule has 0 radical (unpaired) electrons. The van der Waals surface area contributed by atoms with Gasteiger partial charge >= 0.3 is 0 Å². The first-order valence-electron chi connectivity index (χ1n) is 8.70. The van der Waals surface area contributed by atoms with E-state index in [1.807, 2.05) is 0 Å². The molecule has 3 rings (SSSR count). The van der Waals surface area contributed by atoms with Gasteiger partial charge in [-0.3, -0.25) is 9.69 Å². The number of hydrogen-bond acceptors (Lipinski definition) is 3. The van der Waals surface area contributed by atoms with Gasteiger partial charge in [-0.25, -0.2) is 8.78 Å². The third-order valence-corrected chi connectivity index (χ3v) is 5.13. The fourth-order valence-electron chi connectivity index (χ4n) is 3.88. The van der Waals surface area contributed by atoms with E-state index in [2.05, 4.69) is 10.2 Å². The predicted octanol–water partition coefficient (Wildman–Crippen LogP) is 2.00. The average molecular weight is 338 g/mol. The largest absolute Gasteiger partial charge is 0.389 e. The molecule has 1 heterocycles. The van der Waals surface area contributed by atoms with Crippen LogP contribution >= 0.6 is 0 Å². The van der Waals surface area contributed by atoms with Crippen molar-refractivity contribution in [2.75, 3.05) is 13.1 Å². The van der Waals surface area contributed by atoms with Crippen LogP contribution in [0.25, 0.3) is 0 Å². The molecule has 1 aromatic carbocycles. The quantitative estimate of drug-likeness (QED) is 0.883. The Balaban J connectivity index is 1.57. The molecule has 2 N–H and O–H groups in total. The van der Waals surface area contributed by atoms with Crippen LogP contribution < -0.4 is 5.32 Å². The van der Waals surface area contributed by atoms with E-state index in [0.29, 0.717) is 5.56 Å². The molecule has 3 atom stereocenters. The summed E-state index contributed by atoms with van der Waals surface area (Å²) in [5, 5.41) is 13.5. The standard InChI is InChI=1S/C18H24F2N2O2/c19-13-7-6-12(10-14(13)20)11-17(23)21-15-4-3-5-16(18(15)24)22-8-1-2-9-22/h6-7,10,15-16,18,24H,1-5,8-9,11H2,(H,21,23)/t15-,16-,18-/m1/s1. The van der Waals surface area contributed by atoms with Crippen molar-refractivity contribution in [3.8, 4) is 0 Å². The van der Waals surface area contributed by atoms with Crippen molar-refractivity contribution in [2.24, 2.45) is 0 Å². The fourth-order valence-corrected chi connectivity index (χ4v) is 3.88. The van der Waals surface area contributed by atoms with E-state index in [-0.39, 0.29) is 24.4 Å². The number of hydrogen-bond donors (Lipinski definition) is 2. The summed E-state index contributed by atoms with van der Waals surface area (Å²) in [6.07, 6.45) is 4.40. The number of aliphatic hydroxyl groups is 1. The third-order valence-electron chi connectivity index (χ3n) is 5.13. The molecular formula is C18H24F2N2O2. The minimum atomic E-state index is -0.952. The Labute approximate surface area is 140 Å². The number of rotatable bonds is 4. The SMILES string of the molecule is O=C(Cc1ccc(F)c(F)c1)N[C@@H]1CCC[C@@H](N2CCCC2)[C@@H]1O. The molecule has 0 aromatic heterocycles. The molecule has 24 heavy (non-hydrogen) atoms. The molecule has 0 unspecified atom stereocenters. The molecule has 1 amide bonds. The molecule has 6 heteroatoms. The highest BCUT2D eigenvalue weighted by Gasteiger charge is 2.36. The number of likely N-dealkylation sites (tertiary alicyclic amines) is 1. The normalized spacial score (nSPS) is 28.0. The zero-order valence-corrected chi connectivity index (χ0v) is 13.7. The lowest BCUT2D eigenvalue weighted by atomic mass is 9.87. The lowest BCUT2D eigenvalue weighted by molar-refractivity contribution is -0.123. The summed E-state index contributed by atoms with van der Waals surface area (Å²) in [6, 6.07) is 3.30. The summed E-state index contributed by atoms with van der Waals surface area (Å²) in [5.41, 5.74) is 0.424. The molecule has 4 nitrogen and oxygen atoms in total. The van der Waals surface area contributed by atoms with E-state index in [1.54, 1.807) is 0 Å². The van der Waals surface area contributed by atoms with Crippen LogP contribution in [0.4, 0.5) is 8.78 Å². The maximum Gasteiger partial charge on any atom is 0.224 e. The predicted molar refractivity (Wildman–Crippen MR) is 86.4 cm³/mol. The fraction of sp³-hybridized carbons (Fsp3) is 0.611. The summed E-state index contributed by atoms with van der Waals surface area (Å²) in [5.74, 6) is -2.14. The van der Waals surface area contributed by atoms with Gasteiger partial charge < -0.3 is 10.4 Å². The summed E-state index contributed by atoms with van der Waals surface area (Å²) in [7, 11) is 0. The van der Waals surface area contributed by atoms with Gasteiger partial charge in [-0.15, -0.1) is 0 Å². The highest BCUT2D eigenvalue weighted by atomic mass is 19.2. The number of carbonyl (C=O) groups excluding carboxylic acids is 1. The van der Waals surface area contributed by atoms with Gasteiger partial charge in [-0.1, -0.05) is 6.07 Å². The molecule has 2 fully saturated rings. The van der Waals surface area contributed by atoms with Gasteiger partial charge in [0.2, 0.25) is 5.91 Å². The Morgan fingerprint density at radius 3 is 2.62 bits per heavy atom. The zero-order valence-electron chi connectivity index (χ0n) is 13.7. The molecule has 0 spiro atoms. The second kappa shape index (κ2) is 7.57. The molecule has 2 aliphatic rings. The maximum absolute atomic E-state index is 13.2. The average Bonchev–Trinajstić information content (AvgIpc) is 3.07. The van der Waals surface area contributed by atoms with Crippen LogP contribution in [0.5, 0.6) is 0 Å². The minimum Gasteiger partial charge on any atom is -0.389 e. The van der Waals surface area contributed by atoms with Crippen LogP contribution in [0.1, 0.15) is 37.7 Å². The highest BCUT2D eigenvalue weighted by molar-refractivity contribution is 5.78. The number of nitrogens with zero attached hydrogens (tertiary/aromatic N) is 1. The number of aliphatic hydroxyl groups excluding tert-OH is 1. The van der Waals surface area contributed by atoms with Gasteiger partial charge in [0.05, 0.1) is 18.6 Å². The van der Waals surface area contributed by atoms with Gasteiger partial charge in [0.25, 0.3) is 0 Å². The van der Waals surface area contributed by atoms with E-state index in [0.717, 1.165) is 57.3 Å². The molecule has 0 bridgehead atoms. The summed E-state index contributed by atoms with van der Waals surface area (Å²) >= 11 is 0. The van der Waals surface area contributed by atoms with Gasteiger partial charge in [0, 0.05) is 6.04 Å². The van der Waals surface area contributed by atoms with E-state index >= 15 is 0 Å². The van der Waals surface area contributed by atoms with Crippen molar-refractivity contribution in [3.05, 3.63) is 35.4 Å². The third kappa shape index (κ3) is 3.92. The number of benzene rings is 1. The Morgan fingerprint density at radius 1 is 1.17 bits per heavy atom. The van der Waals surface area contributed by atoms with Crippen LogP contribution in [0.3, 0.4) is 0 Å². The van der Waals surface area contributed by atoms with E-state index in [4.69, 9.17) is 0 Å². The van der Waals surface area contributed by atoms with Crippen molar-refractivity contribution in [2.45, 2.75) is 56.7 Å². The van der Waals surface area contributed by atoms with Crippen molar-refractivity contribution >= 4 is 5.91 Å². The Hall–Kier alpha value is -1.53. The van der Waals surface area contributed by atoms with Gasteiger partial charge in [0.15, 0.2) is 11.6 Å². The Kier molecular flexibility index (Phi) is 5.46. The van der Waals surface area contributed by atoms with Gasteiger partial charge in [-0.2, -0.15) is 0 Å². The monoisotopic (exact) mass is 338 g/mol. The summed E-state index contributed by atoms with van der Waals surface area (Å²) < 4.78 is 26.2. The molecule has 1 saturated heterocycles. The number of halogens is 2. The summed E-state index contributed by atoms with van der Waals surface area (Å²) in [4.78, 5) is 14.5. The van der Waals surface area contributed by atoms with E-state index in [1.165, 1.54) is 6.07 Å². The number of amides is 1. The zero-order chi connectivity index (χ0) is 17.1. The van der Waals surface area contributed by atoms with Crippen molar-refractivity contribution < 1.29 is 18.7 Å². The van der Waals surface area contributed by atoms with E-state index in [9.17, 15) is 18.7 Å². The first-order chi connectivity index (χ1) is 11.5. The summed E-state index contributed by atoms with van der Waals surface area (Å²) in [6.45, 7) is 2.02. The van der Waals surface area contributed by atoms with Crippen LogP contribution in [-0.2, 0) is 11.2 Å². The Morgan fingerprint density at radius 2 is 1.92 bits per heavy atom. The van der Waals surface area contributed by atoms with Crippen LogP contribution in [0.2, 0.25) is 0 Å². The molecular weight excluding hydrogens is 314 g/mol. The minimum absolute atomic E-state index is 0.0190. The van der Waals surface area contributed by atoms with Crippen molar-refractivity contribution in [1.29, 1.82) is 0 Å². The molecule has 1 aliphatic carbocycles. The second-order valence-electron chi connectivity index (χ2n) is 6.83. The van der Waals surface area contributed by atoms with Crippen LogP contribution in [-0.4, -0.2) is 47.2 Å². The van der Waals surface area contributed by atoms with Gasteiger partial charge in [-0.05, 0) is 62.9 Å². The van der Waals surface area contributed by atoms with Gasteiger partial charge in [0.1, 0.15) is 0 Å². The van der Waals surface area contributed by atoms with Crippen LogP contribution in [0, 0.1) is 11.6 Å². The molecule has 1 saturated carbocycles. The number of carbonyl (C=O) groups is 1. The lowest BCUT2D eigenvalue weighted by Gasteiger charge is -2.40. The number of nitrogens with one attached hydrogen (secondary N) is 1. The highest BCUT2D eigenvalue weighted by Crippen LogP contribution is 2.26. The van der Waals surface area contributed by atoms with Crippen molar-refractivity contribution in [3.63, 3.8) is 0 Å². The molecule has 1 aromatic rings. The smallest absolute Gasteiger partial charge is 0.224 e. The first-order valence-corrected chi connectivity index (χ1v) is 8.70. The topological polar surface area (TPSA) is 52.6 Å². The van der Waals surface area contributed by atoms with Crippen molar-refractivity contribution in [1.82, 2.24) is 10.2 Å². The molecule has 1 aliphatic heterocycles. The first kappa shape index (κ1) is 17.3. The maximum atomic E-state index is 13.2. The lowest BCUT2D eigenvalue weighted by Crippen LogP contribution is -2.56. The van der Waals surface area contributed by atoms with Crippen LogP contribution in [0.15, 0.2) is 18.2 Å². The molecule has 132 valence electrons. The Bertz CT molecular complexity index is 590. The second-order valence-corrected chi connectivity index (χ2v) is 6.83.